The van der Waals surface area contributed by atoms with Crippen LogP contribution in [0.5, 0.6) is 0 Å². The molecule has 1 atom stereocenters. The Kier molecular flexibility index (Phi) is 6.03. The van der Waals surface area contributed by atoms with Crippen LogP contribution < -0.4 is 16.4 Å². The average molecular weight is 311 g/mol. The first-order valence-electron chi connectivity index (χ1n) is 8.08. The van der Waals surface area contributed by atoms with Crippen LogP contribution in [0, 0.1) is 0 Å². The molecular weight excluding hydrogens is 286 g/mol. The van der Waals surface area contributed by atoms with Crippen molar-refractivity contribution in [3.63, 3.8) is 0 Å². The van der Waals surface area contributed by atoms with Gasteiger partial charge in [-0.1, -0.05) is 30.3 Å². The highest BCUT2D eigenvalue weighted by atomic mass is 16.1. The molecule has 4 heteroatoms. The van der Waals surface area contributed by atoms with Crippen molar-refractivity contribution < 1.29 is 4.79 Å². The molecule has 2 aromatic carbocycles. The van der Waals surface area contributed by atoms with E-state index in [1.165, 1.54) is 5.56 Å². The Morgan fingerprint density at radius 1 is 1.17 bits per heavy atom. The van der Waals surface area contributed by atoms with Crippen LogP contribution in [0.4, 0.5) is 11.4 Å². The van der Waals surface area contributed by atoms with E-state index in [1.807, 2.05) is 25.1 Å². The minimum Gasteiger partial charge on any atom is -0.399 e. The molecular formula is C19H25N3O. The Morgan fingerprint density at radius 2 is 1.91 bits per heavy atom. The molecule has 23 heavy (non-hydrogen) atoms. The van der Waals surface area contributed by atoms with Gasteiger partial charge < -0.3 is 16.4 Å². The number of nitrogens with one attached hydrogen (secondary N) is 2. The summed E-state index contributed by atoms with van der Waals surface area (Å²) in [4.78, 5) is 12.2. The van der Waals surface area contributed by atoms with Gasteiger partial charge in [-0.15, -0.1) is 0 Å². The highest BCUT2D eigenvalue weighted by molar-refractivity contribution is 6.00. The third-order valence-corrected chi connectivity index (χ3v) is 3.74. The monoisotopic (exact) mass is 311 g/mol. The summed E-state index contributed by atoms with van der Waals surface area (Å²) in [6, 6.07) is 16.1. The molecule has 0 aliphatic rings. The van der Waals surface area contributed by atoms with Gasteiger partial charge in [0, 0.05) is 24.0 Å². The van der Waals surface area contributed by atoms with Gasteiger partial charge in [-0.3, -0.25) is 4.79 Å². The predicted octanol–water partition coefficient (Wildman–Crippen LogP) is 3.45. The number of nitrogen functional groups attached to an aromatic ring is 1. The molecule has 0 fully saturated rings. The zero-order chi connectivity index (χ0) is 16.7. The van der Waals surface area contributed by atoms with E-state index in [4.69, 9.17) is 5.73 Å². The summed E-state index contributed by atoms with van der Waals surface area (Å²) < 4.78 is 0. The van der Waals surface area contributed by atoms with Crippen LogP contribution in [0.1, 0.15) is 36.2 Å². The fourth-order valence-corrected chi connectivity index (χ4v) is 2.50. The Labute approximate surface area is 138 Å². The van der Waals surface area contributed by atoms with Gasteiger partial charge in [0.25, 0.3) is 5.91 Å². The summed E-state index contributed by atoms with van der Waals surface area (Å²) in [5.41, 5.74) is 9.15. The highest BCUT2D eigenvalue weighted by Gasteiger charge is 2.13. The molecule has 0 heterocycles. The SMILES string of the molecule is CCNC(=O)c1cc(N)ccc1N[C@@H](C)CCc1ccccc1. The van der Waals surface area contributed by atoms with E-state index in [2.05, 4.69) is 41.8 Å². The zero-order valence-electron chi connectivity index (χ0n) is 13.8. The van der Waals surface area contributed by atoms with Crippen molar-refractivity contribution in [1.29, 1.82) is 0 Å². The van der Waals surface area contributed by atoms with Crippen molar-refractivity contribution in [3.05, 3.63) is 59.7 Å². The van der Waals surface area contributed by atoms with Gasteiger partial charge in [-0.05, 0) is 50.5 Å². The maximum Gasteiger partial charge on any atom is 0.253 e. The molecule has 0 saturated heterocycles. The van der Waals surface area contributed by atoms with Crippen LogP contribution in [0.3, 0.4) is 0 Å². The fourth-order valence-electron chi connectivity index (χ4n) is 2.50. The number of aryl methyl sites for hydroxylation is 1. The second-order valence-electron chi connectivity index (χ2n) is 5.73. The molecule has 1 amide bonds. The van der Waals surface area contributed by atoms with Crippen molar-refractivity contribution in [2.24, 2.45) is 0 Å². The smallest absolute Gasteiger partial charge is 0.253 e. The molecule has 0 saturated carbocycles. The first kappa shape index (κ1) is 16.9. The van der Waals surface area contributed by atoms with E-state index in [-0.39, 0.29) is 11.9 Å². The molecule has 122 valence electrons. The third-order valence-electron chi connectivity index (χ3n) is 3.74. The third kappa shape index (κ3) is 5.02. The molecule has 4 nitrogen and oxygen atoms in total. The largest absolute Gasteiger partial charge is 0.399 e. The Hall–Kier alpha value is -2.49. The van der Waals surface area contributed by atoms with E-state index in [0.29, 0.717) is 17.8 Å². The second-order valence-corrected chi connectivity index (χ2v) is 5.73. The molecule has 0 aliphatic carbocycles. The van der Waals surface area contributed by atoms with Gasteiger partial charge in [0.1, 0.15) is 0 Å². The minimum atomic E-state index is -0.0995. The molecule has 0 spiro atoms. The number of benzene rings is 2. The van der Waals surface area contributed by atoms with Gasteiger partial charge in [0.15, 0.2) is 0 Å². The lowest BCUT2D eigenvalue weighted by atomic mass is 10.0. The van der Waals surface area contributed by atoms with E-state index < -0.39 is 0 Å². The van der Waals surface area contributed by atoms with Crippen LogP contribution >= 0.6 is 0 Å². The Balaban J connectivity index is 2.02. The standard InChI is InChI=1S/C19H25N3O/c1-3-21-19(23)17-13-16(20)11-12-18(17)22-14(2)9-10-15-7-5-4-6-8-15/h4-8,11-14,22H,3,9-10,20H2,1-2H3,(H,21,23)/t14-/m0/s1. The second kappa shape index (κ2) is 8.22. The summed E-state index contributed by atoms with van der Waals surface area (Å²) in [6.45, 7) is 4.62. The minimum absolute atomic E-state index is 0.0995. The van der Waals surface area contributed by atoms with E-state index in [9.17, 15) is 4.79 Å². The molecule has 4 N–H and O–H groups in total. The lowest BCUT2D eigenvalue weighted by molar-refractivity contribution is 0.0956. The van der Waals surface area contributed by atoms with Crippen LogP contribution in [-0.4, -0.2) is 18.5 Å². The summed E-state index contributed by atoms with van der Waals surface area (Å²) >= 11 is 0. The molecule has 2 aromatic rings. The summed E-state index contributed by atoms with van der Waals surface area (Å²) in [7, 11) is 0. The van der Waals surface area contributed by atoms with Crippen molar-refractivity contribution in [1.82, 2.24) is 5.32 Å². The Bertz CT molecular complexity index is 640. The molecule has 0 aliphatic heterocycles. The fraction of sp³-hybridized carbons (Fsp3) is 0.316. The molecule has 2 rings (SSSR count). The highest BCUT2D eigenvalue weighted by Crippen LogP contribution is 2.21. The normalized spacial score (nSPS) is 11.7. The van der Waals surface area contributed by atoms with Crippen molar-refractivity contribution >= 4 is 17.3 Å². The van der Waals surface area contributed by atoms with Gasteiger partial charge in [0.05, 0.1) is 5.56 Å². The first-order chi connectivity index (χ1) is 11.1. The number of carbonyl (C=O) groups is 1. The molecule has 0 bridgehead atoms. The van der Waals surface area contributed by atoms with E-state index in [1.54, 1.807) is 6.07 Å². The van der Waals surface area contributed by atoms with E-state index >= 15 is 0 Å². The number of hydrogen-bond acceptors (Lipinski definition) is 3. The van der Waals surface area contributed by atoms with Gasteiger partial charge in [-0.25, -0.2) is 0 Å². The Morgan fingerprint density at radius 3 is 2.61 bits per heavy atom. The molecule has 0 aromatic heterocycles. The lowest BCUT2D eigenvalue weighted by Gasteiger charge is -2.18. The zero-order valence-corrected chi connectivity index (χ0v) is 13.8. The number of hydrogen-bond donors (Lipinski definition) is 3. The first-order valence-corrected chi connectivity index (χ1v) is 8.08. The summed E-state index contributed by atoms with van der Waals surface area (Å²) in [6.07, 6.45) is 1.99. The quantitative estimate of drug-likeness (QED) is 0.686. The van der Waals surface area contributed by atoms with Gasteiger partial charge >= 0.3 is 0 Å². The number of amides is 1. The maximum atomic E-state index is 12.2. The maximum absolute atomic E-state index is 12.2. The molecule has 0 unspecified atom stereocenters. The van der Waals surface area contributed by atoms with Crippen molar-refractivity contribution in [2.45, 2.75) is 32.7 Å². The molecule has 0 radical (unpaired) electrons. The van der Waals surface area contributed by atoms with E-state index in [0.717, 1.165) is 18.5 Å². The topological polar surface area (TPSA) is 67.2 Å². The summed E-state index contributed by atoms with van der Waals surface area (Å²) in [5, 5.41) is 6.26. The number of rotatable bonds is 7. The van der Waals surface area contributed by atoms with Gasteiger partial charge in [0.2, 0.25) is 0 Å². The van der Waals surface area contributed by atoms with Crippen molar-refractivity contribution in [2.75, 3.05) is 17.6 Å². The van der Waals surface area contributed by atoms with Crippen LogP contribution in [0.15, 0.2) is 48.5 Å². The average Bonchev–Trinajstić information content (AvgIpc) is 2.56. The number of anilines is 2. The van der Waals surface area contributed by atoms with Crippen LogP contribution in [-0.2, 0) is 6.42 Å². The van der Waals surface area contributed by atoms with Gasteiger partial charge in [-0.2, -0.15) is 0 Å². The lowest BCUT2D eigenvalue weighted by Crippen LogP contribution is -2.25. The van der Waals surface area contributed by atoms with Crippen LogP contribution in [0.25, 0.3) is 0 Å². The summed E-state index contributed by atoms with van der Waals surface area (Å²) in [5.74, 6) is -0.0995. The predicted molar refractivity (Wildman–Crippen MR) is 96.7 cm³/mol. The van der Waals surface area contributed by atoms with Crippen molar-refractivity contribution in [3.8, 4) is 0 Å². The van der Waals surface area contributed by atoms with Crippen LogP contribution in [0.2, 0.25) is 0 Å². The number of carbonyl (C=O) groups excluding carboxylic acids is 1. The number of nitrogens with two attached hydrogens (primary N) is 1.